The minimum Gasteiger partial charge on any atom is -0.359 e. The van der Waals surface area contributed by atoms with Gasteiger partial charge in [0.05, 0.1) is 12.2 Å². The van der Waals surface area contributed by atoms with E-state index in [1.807, 2.05) is 6.20 Å². The molecule has 6 nitrogen and oxygen atoms in total. The number of aromatic nitrogens is 3. The monoisotopic (exact) mass is 239 g/mol. The van der Waals surface area contributed by atoms with Crippen LogP contribution in [0.2, 0.25) is 0 Å². The number of amides is 1. The van der Waals surface area contributed by atoms with Crippen molar-refractivity contribution in [3.8, 4) is 0 Å². The van der Waals surface area contributed by atoms with Gasteiger partial charge in [-0.25, -0.2) is 0 Å². The van der Waals surface area contributed by atoms with Gasteiger partial charge in [-0.05, 0) is 12.5 Å². The Morgan fingerprint density at radius 2 is 2.29 bits per heavy atom. The summed E-state index contributed by atoms with van der Waals surface area (Å²) in [5, 5.41) is 13.9. The van der Waals surface area contributed by atoms with Crippen molar-refractivity contribution < 1.29 is 4.79 Å². The van der Waals surface area contributed by atoms with Crippen molar-refractivity contribution in [2.75, 3.05) is 13.6 Å². The maximum Gasteiger partial charge on any atom is 0.221 e. The first kappa shape index (κ1) is 13.6. The molecule has 0 radical (unpaired) electrons. The first-order valence-electron chi connectivity index (χ1n) is 5.92. The summed E-state index contributed by atoms with van der Waals surface area (Å²) >= 11 is 0. The van der Waals surface area contributed by atoms with Crippen molar-refractivity contribution in [3.05, 3.63) is 11.9 Å². The molecule has 0 aliphatic carbocycles. The summed E-state index contributed by atoms with van der Waals surface area (Å²) in [5.41, 5.74) is 0.905. The number of carbonyl (C=O) groups excluding carboxylic acids is 1. The van der Waals surface area contributed by atoms with Gasteiger partial charge in [0.2, 0.25) is 5.91 Å². The fourth-order valence-electron chi connectivity index (χ4n) is 1.36. The number of hydrogen-bond acceptors (Lipinski definition) is 4. The SMILES string of the molecule is CNC(=O)CCn1cc(CNCC(C)C)nn1. The van der Waals surface area contributed by atoms with E-state index in [4.69, 9.17) is 0 Å². The van der Waals surface area contributed by atoms with Gasteiger partial charge in [0, 0.05) is 26.2 Å². The molecule has 0 spiro atoms. The topological polar surface area (TPSA) is 71.8 Å². The predicted molar refractivity (Wildman–Crippen MR) is 65.3 cm³/mol. The summed E-state index contributed by atoms with van der Waals surface area (Å²) in [6.45, 7) is 6.57. The molecule has 0 aliphatic rings. The molecular weight excluding hydrogens is 218 g/mol. The Balaban J connectivity index is 2.30. The van der Waals surface area contributed by atoms with E-state index in [2.05, 4.69) is 34.8 Å². The van der Waals surface area contributed by atoms with Crippen molar-refractivity contribution in [2.24, 2.45) is 5.92 Å². The molecule has 1 aromatic heterocycles. The van der Waals surface area contributed by atoms with Gasteiger partial charge in [0.1, 0.15) is 0 Å². The van der Waals surface area contributed by atoms with Crippen LogP contribution in [0.4, 0.5) is 0 Å². The highest BCUT2D eigenvalue weighted by atomic mass is 16.1. The van der Waals surface area contributed by atoms with E-state index < -0.39 is 0 Å². The minimum absolute atomic E-state index is 0.0139. The van der Waals surface area contributed by atoms with E-state index in [1.165, 1.54) is 0 Å². The van der Waals surface area contributed by atoms with Gasteiger partial charge in [-0.3, -0.25) is 9.48 Å². The molecule has 0 aliphatic heterocycles. The van der Waals surface area contributed by atoms with Crippen LogP contribution in [0, 0.1) is 5.92 Å². The van der Waals surface area contributed by atoms with Crippen molar-refractivity contribution in [1.82, 2.24) is 25.6 Å². The summed E-state index contributed by atoms with van der Waals surface area (Å²) in [6.07, 6.45) is 2.30. The molecule has 1 heterocycles. The van der Waals surface area contributed by atoms with Crippen molar-refractivity contribution in [1.29, 1.82) is 0 Å². The molecule has 0 atom stereocenters. The highest BCUT2D eigenvalue weighted by Crippen LogP contribution is 1.95. The molecule has 0 unspecified atom stereocenters. The normalized spacial score (nSPS) is 10.8. The zero-order chi connectivity index (χ0) is 12.7. The first-order chi connectivity index (χ1) is 8.11. The molecule has 0 saturated carbocycles. The summed E-state index contributed by atoms with van der Waals surface area (Å²) in [5.74, 6) is 0.637. The molecule has 0 saturated heterocycles. The Bertz CT molecular complexity index is 347. The maximum atomic E-state index is 11.1. The van der Waals surface area contributed by atoms with Gasteiger partial charge >= 0.3 is 0 Å². The van der Waals surface area contributed by atoms with E-state index >= 15 is 0 Å². The van der Waals surface area contributed by atoms with Gasteiger partial charge in [0.15, 0.2) is 0 Å². The Labute approximate surface area is 102 Å². The Morgan fingerprint density at radius 1 is 1.53 bits per heavy atom. The summed E-state index contributed by atoms with van der Waals surface area (Å²) in [6, 6.07) is 0. The van der Waals surface area contributed by atoms with Crippen LogP contribution in [0.15, 0.2) is 6.20 Å². The predicted octanol–water partition coefficient (Wildman–Crippen LogP) is 0.160. The summed E-state index contributed by atoms with van der Waals surface area (Å²) < 4.78 is 1.70. The van der Waals surface area contributed by atoms with Gasteiger partial charge in [0.25, 0.3) is 0 Å². The Hall–Kier alpha value is -1.43. The summed E-state index contributed by atoms with van der Waals surface area (Å²) in [7, 11) is 1.63. The molecule has 0 bridgehead atoms. The second-order valence-electron chi connectivity index (χ2n) is 4.42. The molecule has 6 heteroatoms. The number of hydrogen-bond donors (Lipinski definition) is 2. The van der Waals surface area contributed by atoms with Gasteiger partial charge in [-0.1, -0.05) is 19.1 Å². The van der Waals surface area contributed by atoms with Crippen LogP contribution in [-0.4, -0.2) is 34.5 Å². The summed E-state index contributed by atoms with van der Waals surface area (Å²) in [4.78, 5) is 11.1. The van der Waals surface area contributed by atoms with E-state index in [1.54, 1.807) is 11.7 Å². The third-order valence-corrected chi connectivity index (χ3v) is 2.29. The standard InChI is InChI=1S/C11H21N5O/c1-9(2)6-13-7-10-8-16(15-14-10)5-4-11(17)12-3/h8-9,13H,4-7H2,1-3H3,(H,12,17). The fraction of sp³-hybridized carbons (Fsp3) is 0.727. The Morgan fingerprint density at radius 3 is 2.94 bits per heavy atom. The lowest BCUT2D eigenvalue weighted by molar-refractivity contribution is -0.120. The molecule has 17 heavy (non-hydrogen) atoms. The minimum atomic E-state index is 0.0139. The van der Waals surface area contributed by atoms with Crippen molar-refractivity contribution in [2.45, 2.75) is 33.4 Å². The molecule has 1 amide bonds. The lowest BCUT2D eigenvalue weighted by atomic mass is 10.2. The van der Waals surface area contributed by atoms with E-state index in [0.29, 0.717) is 18.9 Å². The maximum absolute atomic E-state index is 11.1. The number of nitrogens with one attached hydrogen (secondary N) is 2. The van der Waals surface area contributed by atoms with Crippen LogP contribution in [-0.2, 0) is 17.9 Å². The van der Waals surface area contributed by atoms with Crippen LogP contribution >= 0.6 is 0 Å². The average molecular weight is 239 g/mol. The van der Waals surface area contributed by atoms with E-state index in [-0.39, 0.29) is 5.91 Å². The second kappa shape index (κ2) is 7.01. The highest BCUT2D eigenvalue weighted by Gasteiger charge is 2.03. The number of nitrogens with zero attached hydrogens (tertiary/aromatic N) is 3. The average Bonchev–Trinajstić information content (AvgIpc) is 2.73. The van der Waals surface area contributed by atoms with Crippen molar-refractivity contribution in [3.63, 3.8) is 0 Å². The van der Waals surface area contributed by atoms with Gasteiger partial charge in [-0.2, -0.15) is 0 Å². The molecule has 0 aromatic carbocycles. The van der Waals surface area contributed by atoms with Gasteiger partial charge < -0.3 is 10.6 Å². The molecule has 2 N–H and O–H groups in total. The highest BCUT2D eigenvalue weighted by molar-refractivity contribution is 5.75. The molecule has 0 fully saturated rings. The quantitative estimate of drug-likeness (QED) is 0.711. The zero-order valence-corrected chi connectivity index (χ0v) is 10.7. The molecule has 1 aromatic rings. The van der Waals surface area contributed by atoms with Gasteiger partial charge in [-0.15, -0.1) is 5.10 Å². The molecular formula is C11H21N5O. The number of carbonyl (C=O) groups is 1. The van der Waals surface area contributed by atoms with Crippen LogP contribution < -0.4 is 10.6 Å². The number of rotatable bonds is 7. The second-order valence-corrected chi connectivity index (χ2v) is 4.42. The number of aryl methyl sites for hydroxylation is 1. The van der Waals surface area contributed by atoms with Crippen LogP contribution in [0.1, 0.15) is 26.0 Å². The largest absolute Gasteiger partial charge is 0.359 e. The lowest BCUT2D eigenvalue weighted by Crippen LogP contribution is -2.19. The molecule has 96 valence electrons. The van der Waals surface area contributed by atoms with E-state index in [9.17, 15) is 4.79 Å². The third-order valence-electron chi connectivity index (χ3n) is 2.29. The van der Waals surface area contributed by atoms with E-state index in [0.717, 1.165) is 18.8 Å². The smallest absolute Gasteiger partial charge is 0.221 e. The first-order valence-corrected chi connectivity index (χ1v) is 5.92. The van der Waals surface area contributed by atoms with Crippen LogP contribution in [0.25, 0.3) is 0 Å². The molecule has 1 rings (SSSR count). The van der Waals surface area contributed by atoms with Crippen molar-refractivity contribution >= 4 is 5.91 Å². The zero-order valence-electron chi connectivity index (χ0n) is 10.7. The fourth-order valence-corrected chi connectivity index (χ4v) is 1.36. The Kier molecular flexibility index (Phi) is 5.62. The van der Waals surface area contributed by atoms with Crippen LogP contribution in [0.5, 0.6) is 0 Å². The van der Waals surface area contributed by atoms with Crippen LogP contribution in [0.3, 0.4) is 0 Å². The third kappa shape index (κ3) is 5.44. The lowest BCUT2D eigenvalue weighted by Gasteiger charge is -2.04.